The summed E-state index contributed by atoms with van der Waals surface area (Å²) in [6.07, 6.45) is 5.15. The van der Waals surface area contributed by atoms with Gasteiger partial charge in [0.05, 0.1) is 12.7 Å². The molecule has 4 nitrogen and oxygen atoms in total. The van der Waals surface area contributed by atoms with E-state index in [1.54, 1.807) is 6.07 Å². The van der Waals surface area contributed by atoms with E-state index in [0.29, 0.717) is 18.8 Å². The van der Waals surface area contributed by atoms with E-state index in [9.17, 15) is 10.2 Å². The van der Waals surface area contributed by atoms with E-state index in [1.165, 1.54) is 13.5 Å². The molecule has 0 heterocycles. The first-order valence-electron chi connectivity index (χ1n) is 6.92. The predicted octanol–water partition coefficient (Wildman–Crippen LogP) is 2.19. The molecule has 0 aliphatic heterocycles. The minimum Gasteiger partial charge on any atom is -0.504 e. The Morgan fingerprint density at radius 1 is 1.26 bits per heavy atom. The van der Waals surface area contributed by atoms with Crippen LogP contribution in [0.15, 0.2) is 18.2 Å². The standard InChI is InChI=1S/C15H23NO3/c1-19-13-7-5-6-12(14(13)17)10-16-11-15(18)8-3-2-4-9-15/h5-7,16-18H,2-4,8-11H2,1H3. The van der Waals surface area contributed by atoms with Crippen LogP contribution in [0.1, 0.15) is 37.7 Å². The zero-order valence-corrected chi connectivity index (χ0v) is 11.5. The average Bonchev–Trinajstić information content (AvgIpc) is 2.41. The van der Waals surface area contributed by atoms with Gasteiger partial charge in [-0.3, -0.25) is 0 Å². The average molecular weight is 265 g/mol. The number of hydrogen-bond donors (Lipinski definition) is 3. The molecule has 3 N–H and O–H groups in total. The van der Waals surface area contributed by atoms with Crippen molar-refractivity contribution in [2.24, 2.45) is 0 Å². The second-order valence-electron chi connectivity index (χ2n) is 5.36. The maximum absolute atomic E-state index is 10.4. The molecule has 1 saturated carbocycles. The molecule has 0 spiro atoms. The Balaban J connectivity index is 1.88. The highest BCUT2D eigenvalue weighted by Gasteiger charge is 2.28. The zero-order chi connectivity index (χ0) is 13.7. The molecule has 0 unspecified atom stereocenters. The summed E-state index contributed by atoms with van der Waals surface area (Å²) < 4.78 is 5.07. The first-order valence-corrected chi connectivity index (χ1v) is 6.92. The van der Waals surface area contributed by atoms with E-state index in [2.05, 4.69) is 5.32 Å². The van der Waals surface area contributed by atoms with Gasteiger partial charge in [-0.05, 0) is 18.9 Å². The monoisotopic (exact) mass is 265 g/mol. The number of ether oxygens (including phenoxy) is 1. The van der Waals surface area contributed by atoms with E-state index in [4.69, 9.17) is 4.74 Å². The van der Waals surface area contributed by atoms with Crippen molar-refractivity contribution in [1.29, 1.82) is 0 Å². The summed E-state index contributed by atoms with van der Waals surface area (Å²) in [5.41, 5.74) is 0.214. The van der Waals surface area contributed by atoms with Crippen LogP contribution in [0, 0.1) is 0 Å². The molecule has 2 rings (SSSR count). The molecule has 0 radical (unpaired) electrons. The quantitative estimate of drug-likeness (QED) is 0.763. The van der Waals surface area contributed by atoms with Crippen molar-refractivity contribution in [2.45, 2.75) is 44.2 Å². The molecule has 0 saturated heterocycles. The van der Waals surface area contributed by atoms with Crippen molar-refractivity contribution in [3.8, 4) is 11.5 Å². The summed E-state index contributed by atoms with van der Waals surface area (Å²) >= 11 is 0. The van der Waals surface area contributed by atoms with Gasteiger partial charge in [0.25, 0.3) is 0 Å². The van der Waals surface area contributed by atoms with Gasteiger partial charge in [-0.2, -0.15) is 0 Å². The lowest BCUT2D eigenvalue weighted by Crippen LogP contribution is -2.41. The molecule has 1 fully saturated rings. The Hall–Kier alpha value is -1.26. The molecule has 4 heteroatoms. The number of para-hydroxylation sites is 1. The molecule has 1 aliphatic carbocycles. The first kappa shape index (κ1) is 14.2. The number of aromatic hydroxyl groups is 1. The summed E-state index contributed by atoms with van der Waals surface area (Å²) in [4.78, 5) is 0. The van der Waals surface area contributed by atoms with Crippen molar-refractivity contribution in [2.75, 3.05) is 13.7 Å². The van der Waals surface area contributed by atoms with Crippen molar-refractivity contribution >= 4 is 0 Å². The number of phenolic OH excluding ortho intramolecular Hbond substituents is 1. The molecule has 0 amide bonds. The number of methoxy groups -OCH3 is 1. The van der Waals surface area contributed by atoms with Gasteiger partial charge in [-0.15, -0.1) is 0 Å². The van der Waals surface area contributed by atoms with Crippen molar-refractivity contribution in [1.82, 2.24) is 5.32 Å². The van der Waals surface area contributed by atoms with Crippen molar-refractivity contribution < 1.29 is 14.9 Å². The molecular formula is C15H23NO3. The summed E-state index contributed by atoms with van der Waals surface area (Å²) in [6.45, 7) is 1.11. The minimum absolute atomic E-state index is 0.174. The Labute approximate surface area is 114 Å². The van der Waals surface area contributed by atoms with Gasteiger partial charge in [0.1, 0.15) is 0 Å². The van der Waals surface area contributed by atoms with E-state index < -0.39 is 5.60 Å². The van der Waals surface area contributed by atoms with Crippen LogP contribution in [0.2, 0.25) is 0 Å². The highest BCUT2D eigenvalue weighted by molar-refractivity contribution is 5.45. The third kappa shape index (κ3) is 3.61. The molecule has 106 valence electrons. The van der Waals surface area contributed by atoms with Crippen molar-refractivity contribution in [3.63, 3.8) is 0 Å². The Morgan fingerprint density at radius 2 is 2.00 bits per heavy atom. The second-order valence-corrected chi connectivity index (χ2v) is 5.36. The third-order valence-electron chi connectivity index (χ3n) is 3.86. The number of aliphatic hydroxyl groups is 1. The lowest BCUT2D eigenvalue weighted by molar-refractivity contribution is 0.00463. The fourth-order valence-electron chi connectivity index (χ4n) is 2.69. The van der Waals surface area contributed by atoms with Gasteiger partial charge >= 0.3 is 0 Å². The Morgan fingerprint density at radius 3 is 2.68 bits per heavy atom. The third-order valence-corrected chi connectivity index (χ3v) is 3.86. The fraction of sp³-hybridized carbons (Fsp3) is 0.600. The van der Waals surface area contributed by atoms with E-state index >= 15 is 0 Å². The highest BCUT2D eigenvalue weighted by atomic mass is 16.5. The summed E-state index contributed by atoms with van der Waals surface area (Å²) in [6, 6.07) is 5.44. The zero-order valence-electron chi connectivity index (χ0n) is 11.5. The van der Waals surface area contributed by atoms with Crippen LogP contribution in [0.3, 0.4) is 0 Å². The minimum atomic E-state index is -0.577. The summed E-state index contributed by atoms with van der Waals surface area (Å²) in [5.74, 6) is 0.656. The number of rotatable bonds is 5. The molecule has 1 aliphatic rings. The summed E-state index contributed by atoms with van der Waals surface area (Å²) in [7, 11) is 1.54. The lowest BCUT2D eigenvalue weighted by atomic mass is 9.85. The molecular weight excluding hydrogens is 242 g/mol. The molecule has 19 heavy (non-hydrogen) atoms. The molecule has 0 bridgehead atoms. The van der Waals surface area contributed by atoms with Crippen LogP contribution in [-0.4, -0.2) is 29.5 Å². The van der Waals surface area contributed by atoms with Crippen LogP contribution in [-0.2, 0) is 6.54 Å². The Bertz CT molecular complexity index is 414. The predicted molar refractivity (Wildman–Crippen MR) is 74.4 cm³/mol. The van der Waals surface area contributed by atoms with Gasteiger partial charge in [0.2, 0.25) is 0 Å². The maximum Gasteiger partial charge on any atom is 0.162 e. The molecule has 1 aromatic carbocycles. The van der Waals surface area contributed by atoms with E-state index in [-0.39, 0.29) is 5.75 Å². The number of phenols is 1. The van der Waals surface area contributed by atoms with Gasteiger partial charge in [0, 0.05) is 18.7 Å². The van der Waals surface area contributed by atoms with Gasteiger partial charge < -0.3 is 20.3 Å². The van der Waals surface area contributed by atoms with Gasteiger partial charge in [0.15, 0.2) is 11.5 Å². The number of nitrogens with one attached hydrogen (secondary N) is 1. The highest BCUT2D eigenvalue weighted by Crippen LogP contribution is 2.30. The Kier molecular flexibility index (Phi) is 4.66. The van der Waals surface area contributed by atoms with Gasteiger partial charge in [-0.25, -0.2) is 0 Å². The molecule has 0 atom stereocenters. The second kappa shape index (κ2) is 6.26. The van der Waals surface area contributed by atoms with Gasteiger partial charge in [-0.1, -0.05) is 31.4 Å². The number of benzene rings is 1. The largest absolute Gasteiger partial charge is 0.504 e. The fourth-order valence-corrected chi connectivity index (χ4v) is 2.69. The SMILES string of the molecule is COc1cccc(CNCC2(O)CCCCC2)c1O. The number of hydrogen-bond acceptors (Lipinski definition) is 4. The van der Waals surface area contributed by atoms with Crippen LogP contribution >= 0.6 is 0 Å². The van der Waals surface area contributed by atoms with Crippen LogP contribution in [0.25, 0.3) is 0 Å². The topological polar surface area (TPSA) is 61.7 Å². The maximum atomic E-state index is 10.4. The molecule has 1 aromatic rings. The summed E-state index contributed by atoms with van der Waals surface area (Å²) in [5, 5.41) is 23.6. The van der Waals surface area contributed by atoms with Crippen molar-refractivity contribution in [3.05, 3.63) is 23.8 Å². The molecule has 0 aromatic heterocycles. The first-order chi connectivity index (χ1) is 9.14. The van der Waals surface area contributed by atoms with E-state index in [0.717, 1.165) is 31.2 Å². The lowest BCUT2D eigenvalue weighted by Gasteiger charge is -2.32. The van der Waals surface area contributed by atoms with E-state index in [1.807, 2.05) is 12.1 Å². The van der Waals surface area contributed by atoms with Crippen LogP contribution in [0.5, 0.6) is 11.5 Å². The normalized spacial score (nSPS) is 18.2. The van der Waals surface area contributed by atoms with Crippen LogP contribution < -0.4 is 10.1 Å². The van der Waals surface area contributed by atoms with Crippen LogP contribution in [0.4, 0.5) is 0 Å². The smallest absolute Gasteiger partial charge is 0.162 e.